The molecule has 0 aliphatic carbocycles. The molecule has 0 atom stereocenters. The van der Waals surface area contributed by atoms with Crippen LogP contribution in [0.5, 0.6) is 0 Å². The highest BCUT2D eigenvalue weighted by molar-refractivity contribution is 5.88. The lowest BCUT2D eigenvalue weighted by atomic mass is 9.87. The second-order valence-electron chi connectivity index (χ2n) is 10.0. The predicted octanol–water partition coefficient (Wildman–Crippen LogP) is 1.31. The van der Waals surface area contributed by atoms with Crippen molar-refractivity contribution < 1.29 is 9.59 Å². The zero-order valence-corrected chi connectivity index (χ0v) is 17.5. The molecule has 0 bridgehead atoms. The zero-order valence-electron chi connectivity index (χ0n) is 17.5. The lowest BCUT2D eigenvalue weighted by molar-refractivity contribution is -0.159. The summed E-state index contributed by atoms with van der Waals surface area (Å²) in [6, 6.07) is 0. The minimum Gasteiger partial charge on any atom is -0.338 e. The van der Waals surface area contributed by atoms with E-state index in [0.717, 1.165) is 0 Å². The van der Waals surface area contributed by atoms with Gasteiger partial charge >= 0.3 is 0 Å². The van der Waals surface area contributed by atoms with Crippen LogP contribution >= 0.6 is 0 Å². The average molecular weight is 353 g/mol. The molecule has 2 amide bonds. The Kier molecular flexibility index (Phi) is 4.80. The molecule has 2 aliphatic heterocycles. The van der Waals surface area contributed by atoms with Crippen molar-refractivity contribution in [1.29, 1.82) is 0 Å². The number of piperazine rings is 2. The van der Waals surface area contributed by atoms with Gasteiger partial charge in [0.1, 0.15) is 0 Å². The lowest BCUT2D eigenvalue weighted by Gasteiger charge is -2.54. The quantitative estimate of drug-likeness (QED) is 0.832. The van der Waals surface area contributed by atoms with E-state index < -0.39 is 11.1 Å². The van der Waals surface area contributed by atoms with Gasteiger partial charge in [0.05, 0.1) is 11.1 Å². The Morgan fingerprint density at radius 3 is 1.84 bits per heavy atom. The minimum absolute atomic E-state index is 0.0938. The zero-order chi connectivity index (χ0) is 19.4. The van der Waals surface area contributed by atoms with Gasteiger partial charge < -0.3 is 9.80 Å². The number of carbonyl (C=O) groups excluding carboxylic acids is 2. The van der Waals surface area contributed by atoms with Gasteiger partial charge in [-0.15, -0.1) is 0 Å². The molecule has 1 N–H and O–H groups in total. The summed E-state index contributed by atoms with van der Waals surface area (Å²) in [6.45, 7) is 18.9. The van der Waals surface area contributed by atoms with Gasteiger partial charge in [-0.2, -0.15) is 0 Å². The molecule has 0 aromatic carbocycles. The monoisotopic (exact) mass is 352 g/mol. The number of nitrogens with zero attached hydrogens (tertiary/aromatic N) is 3. The molecule has 0 aromatic heterocycles. The smallest absolute Gasteiger partial charge is 0.242 e. The summed E-state index contributed by atoms with van der Waals surface area (Å²) in [5, 5.41) is 3.41. The van der Waals surface area contributed by atoms with Crippen molar-refractivity contribution in [2.45, 2.75) is 77.5 Å². The first-order valence-electron chi connectivity index (χ1n) is 9.22. The van der Waals surface area contributed by atoms with Crippen LogP contribution in [-0.2, 0) is 9.59 Å². The third kappa shape index (κ3) is 3.70. The molecule has 0 aromatic rings. The van der Waals surface area contributed by atoms with Gasteiger partial charge in [0.2, 0.25) is 11.8 Å². The summed E-state index contributed by atoms with van der Waals surface area (Å²) in [4.78, 5) is 31.7. The summed E-state index contributed by atoms with van der Waals surface area (Å²) in [5.74, 6) is 0.238. The van der Waals surface area contributed by atoms with Gasteiger partial charge in [-0.05, 0) is 62.4 Å². The molecule has 2 fully saturated rings. The fourth-order valence-corrected chi connectivity index (χ4v) is 4.42. The second-order valence-corrected chi connectivity index (χ2v) is 10.0. The molecule has 2 heterocycles. The third-order valence-electron chi connectivity index (χ3n) is 5.83. The molecule has 0 spiro atoms. The van der Waals surface area contributed by atoms with Crippen LogP contribution in [0.1, 0.15) is 55.4 Å². The number of nitrogens with one attached hydrogen (secondary N) is 1. The number of hydrogen-bond acceptors (Lipinski definition) is 4. The Balaban J connectivity index is 2.12. The Morgan fingerprint density at radius 2 is 1.32 bits per heavy atom. The topological polar surface area (TPSA) is 55.9 Å². The fraction of sp³-hybridized carbons (Fsp3) is 0.895. The first-order chi connectivity index (χ1) is 11.1. The standard InChI is InChI=1S/C19H36N4O2/c1-16(2)12-22(14(24)18(5,6)20-16)10-11-23-13-17(3,4)21(9)19(7,8)15(23)25/h20H,10-13H2,1-9H3. The maximum absolute atomic E-state index is 12.9. The van der Waals surface area contributed by atoms with E-state index in [0.29, 0.717) is 26.2 Å². The molecule has 6 nitrogen and oxygen atoms in total. The summed E-state index contributed by atoms with van der Waals surface area (Å²) in [6.07, 6.45) is 0. The Hall–Kier alpha value is -1.14. The number of amides is 2. The molecular formula is C19H36N4O2. The van der Waals surface area contributed by atoms with Crippen molar-refractivity contribution in [3.8, 4) is 0 Å². The van der Waals surface area contributed by atoms with Crippen LogP contribution in [0.25, 0.3) is 0 Å². The SMILES string of the molecule is CN1C(C)(C)CN(CCN2CC(C)(C)NC(C)(C)C2=O)C(=O)C1(C)C. The summed E-state index contributed by atoms with van der Waals surface area (Å²) >= 11 is 0. The highest BCUT2D eigenvalue weighted by Crippen LogP contribution is 2.31. The highest BCUT2D eigenvalue weighted by atomic mass is 16.2. The largest absolute Gasteiger partial charge is 0.338 e. The molecule has 2 saturated heterocycles. The summed E-state index contributed by atoms with van der Waals surface area (Å²) < 4.78 is 0. The van der Waals surface area contributed by atoms with E-state index in [2.05, 4.69) is 37.9 Å². The van der Waals surface area contributed by atoms with Gasteiger partial charge in [0.25, 0.3) is 0 Å². The van der Waals surface area contributed by atoms with E-state index >= 15 is 0 Å². The minimum atomic E-state index is -0.577. The van der Waals surface area contributed by atoms with Crippen molar-refractivity contribution in [3.63, 3.8) is 0 Å². The van der Waals surface area contributed by atoms with Crippen molar-refractivity contribution in [2.75, 3.05) is 33.2 Å². The van der Waals surface area contributed by atoms with Crippen LogP contribution in [0.4, 0.5) is 0 Å². The van der Waals surface area contributed by atoms with Crippen molar-refractivity contribution in [3.05, 3.63) is 0 Å². The molecule has 0 saturated carbocycles. The Labute approximate surface area is 152 Å². The van der Waals surface area contributed by atoms with Crippen molar-refractivity contribution in [2.24, 2.45) is 0 Å². The Morgan fingerprint density at radius 1 is 0.840 bits per heavy atom. The van der Waals surface area contributed by atoms with Gasteiger partial charge in [0, 0.05) is 37.3 Å². The third-order valence-corrected chi connectivity index (χ3v) is 5.83. The van der Waals surface area contributed by atoms with E-state index in [1.165, 1.54) is 0 Å². The van der Waals surface area contributed by atoms with Crippen LogP contribution in [0, 0.1) is 0 Å². The number of carbonyl (C=O) groups is 2. The van der Waals surface area contributed by atoms with Crippen LogP contribution < -0.4 is 5.32 Å². The van der Waals surface area contributed by atoms with Gasteiger partial charge in [-0.3, -0.25) is 19.8 Å². The normalized spacial score (nSPS) is 28.4. The Bertz CT molecular complexity index is 566. The van der Waals surface area contributed by atoms with E-state index in [4.69, 9.17) is 0 Å². The molecule has 6 heteroatoms. The van der Waals surface area contributed by atoms with Gasteiger partial charge in [-0.25, -0.2) is 0 Å². The first kappa shape index (κ1) is 20.2. The molecule has 25 heavy (non-hydrogen) atoms. The van der Waals surface area contributed by atoms with Gasteiger partial charge in [-0.1, -0.05) is 0 Å². The maximum atomic E-state index is 12.9. The number of rotatable bonds is 3. The molecule has 0 radical (unpaired) electrons. The molecule has 144 valence electrons. The number of likely N-dealkylation sites (N-methyl/N-ethyl adjacent to an activating group) is 1. The molecular weight excluding hydrogens is 316 g/mol. The maximum Gasteiger partial charge on any atom is 0.242 e. The summed E-state index contributed by atoms with van der Waals surface area (Å²) in [7, 11) is 2.01. The van der Waals surface area contributed by atoms with Crippen molar-refractivity contribution >= 4 is 11.8 Å². The van der Waals surface area contributed by atoms with Crippen molar-refractivity contribution in [1.82, 2.24) is 20.0 Å². The summed E-state index contributed by atoms with van der Waals surface area (Å²) in [5.41, 5.74) is -1.34. The van der Waals surface area contributed by atoms with E-state index in [9.17, 15) is 9.59 Å². The number of hydrogen-bond donors (Lipinski definition) is 1. The molecule has 2 aliphatic rings. The van der Waals surface area contributed by atoms with E-state index in [1.807, 2.05) is 44.5 Å². The van der Waals surface area contributed by atoms with Gasteiger partial charge in [0.15, 0.2) is 0 Å². The second kappa shape index (κ2) is 5.95. The first-order valence-corrected chi connectivity index (χ1v) is 9.22. The lowest BCUT2D eigenvalue weighted by Crippen LogP contribution is -2.72. The highest BCUT2D eigenvalue weighted by Gasteiger charge is 2.49. The predicted molar refractivity (Wildman–Crippen MR) is 100 cm³/mol. The molecule has 0 unspecified atom stereocenters. The average Bonchev–Trinajstić information content (AvgIpc) is 2.43. The van der Waals surface area contributed by atoms with Crippen LogP contribution in [0.2, 0.25) is 0 Å². The van der Waals surface area contributed by atoms with Crippen LogP contribution in [-0.4, -0.2) is 81.9 Å². The van der Waals surface area contributed by atoms with Crippen LogP contribution in [0.15, 0.2) is 0 Å². The van der Waals surface area contributed by atoms with E-state index in [1.54, 1.807) is 0 Å². The molecule has 2 rings (SSSR count). The fourth-order valence-electron chi connectivity index (χ4n) is 4.42. The van der Waals surface area contributed by atoms with Crippen LogP contribution in [0.3, 0.4) is 0 Å². The van der Waals surface area contributed by atoms with E-state index in [-0.39, 0.29) is 22.9 Å².